The van der Waals surface area contributed by atoms with Crippen LogP contribution in [0.1, 0.15) is 22.8 Å². The SMILES string of the molecule is CCc1cccc2c(C(=O)Cn3cnc4ccsc4c3=O)c[nH]c12. The number of hydrogen-bond acceptors (Lipinski definition) is 4. The summed E-state index contributed by atoms with van der Waals surface area (Å²) in [7, 11) is 0. The summed E-state index contributed by atoms with van der Waals surface area (Å²) < 4.78 is 1.96. The first kappa shape index (κ1) is 14.8. The largest absolute Gasteiger partial charge is 0.360 e. The van der Waals surface area contributed by atoms with Gasteiger partial charge in [0.1, 0.15) is 4.70 Å². The highest BCUT2D eigenvalue weighted by atomic mass is 32.1. The van der Waals surface area contributed by atoms with Gasteiger partial charge in [-0.15, -0.1) is 11.3 Å². The lowest BCUT2D eigenvalue weighted by atomic mass is 10.0. The normalized spacial score (nSPS) is 11.4. The zero-order chi connectivity index (χ0) is 16.7. The fourth-order valence-electron chi connectivity index (χ4n) is 2.97. The van der Waals surface area contributed by atoms with E-state index in [1.165, 1.54) is 27.8 Å². The molecule has 0 unspecified atom stereocenters. The number of nitrogens with zero attached hydrogens (tertiary/aromatic N) is 2. The Morgan fingerprint density at radius 1 is 1.33 bits per heavy atom. The topological polar surface area (TPSA) is 67.8 Å². The number of aryl methyl sites for hydroxylation is 1. The molecule has 4 aromatic rings. The molecule has 0 atom stereocenters. The maximum absolute atomic E-state index is 12.7. The van der Waals surface area contributed by atoms with Gasteiger partial charge in [-0.1, -0.05) is 25.1 Å². The van der Waals surface area contributed by atoms with Crippen LogP contribution >= 0.6 is 11.3 Å². The van der Waals surface area contributed by atoms with E-state index in [9.17, 15) is 9.59 Å². The first-order valence-electron chi connectivity index (χ1n) is 7.74. The Kier molecular flexibility index (Phi) is 3.54. The van der Waals surface area contributed by atoms with Crippen LogP contribution in [0.5, 0.6) is 0 Å². The van der Waals surface area contributed by atoms with Gasteiger partial charge in [-0.25, -0.2) is 4.98 Å². The maximum Gasteiger partial charge on any atom is 0.271 e. The molecule has 120 valence electrons. The second-order valence-electron chi connectivity index (χ2n) is 5.63. The van der Waals surface area contributed by atoms with E-state index in [0.29, 0.717) is 15.8 Å². The van der Waals surface area contributed by atoms with Crippen molar-refractivity contribution in [2.75, 3.05) is 0 Å². The van der Waals surface area contributed by atoms with Crippen LogP contribution in [0.4, 0.5) is 0 Å². The van der Waals surface area contributed by atoms with Gasteiger partial charge < -0.3 is 4.98 Å². The van der Waals surface area contributed by atoms with Crippen LogP contribution in [0.15, 0.2) is 47.0 Å². The minimum atomic E-state index is -0.169. The van der Waals surface area contributed by atoms with E-state index in [2.05, 4.69) is 16.9 Å². The number of nitrogens with one attached hydrogen (secondary N) is 1. The summed E-state index contributed by atoms with van der Waals surface area (Å²) in [6.07, 6.45) is 4.07. The monoisotopic (exact) mass is 337 g/mol. The molecule has 4 rings (SSSR count). The summed E-state index contributed by atoms with van der Waals surface area (Å²) in [5.74, 6) is -0.102. The number of Topliss-reactive ketones (excluding diaryl/α,β-unsaturated/α-hetero) is 1. The molecule has 0 radical (unpaired) electrons. The van der Waals surface area contributed by atoms with E-state index in [0.717, 1.165) is 17.3 Å². The Balaban J connectivity index is 1.74. The van der Waals surface area contributed by atoms with Crippen molar-refractivity contribution < 1.29 is 4.79 Å². The van der Waals surface area contributed by atoms with Gasteiger partial charge in [-0.2, -0.15) is 0 Å². The van der Waals surface area contributed by atoms with E-state index in [1.54, 1.807) is 12.3 Å². The number of ketones is 1. The molecule has 6 heteroatoms. The summed E-state index contributed by atoms with van der Waals surface area (Å²) in [5, 5.41) is 2.73. The number of carbonyl (C=O) groups excluding carboxylic acids is 1. The van der Waals surface area contributed by atoms with Crippen molar-refractivity contribution >= 4 is 38.2 Å². The number of aromatic nitrogens is 3. The average Bonchev–Trinajstić information content (AvgIpc) is 3.23. The van der Waals surface area contributed by atoms with Crippen LogP contribution in [0, 0.1) is 0 Å². The van der Waals surface area contributed by atoms with Crippen molar-refractivity contribution in [1.82, 2.24) is 14.5 Å². The second kappa shape index (κ2) is 5.72. The lowest BCUT2D eigenvalue weighted by Crippen LogP contribution is -2.23. The lowest BCUT2D eigenvalue weighted by Gasteiger charge is -2.04. The van der Waals surface area contributed by atoms with Crippen molar-refractivity contribution in [2.24, 2.45) is 0 Å². The molecule has 0 saturated carbocycles. The number of para-hydroxylation sites is 1. The molecule has 0 bridgehead atoms. The predicted molar refractivity (Wildman–Crippen MR) is 95.9 cm³/mol. The van der Waals surface area contributed by atoms with Crippen LogP contribution in [0.2, 0.25) is 0 Å². The Labute approximate surface area is 141 Å². The summed E-state index contributed by atoms with van der Waals surface area (Å²) in [6.45, 7) is 2.07. The zero-order valence-electron chi connectivity index (χ0n) is 13.1. The molecular formula is C18H15N3O2S. The fraction of sp³-hybridized carbons (Fsp3) is 0.167. The highest BCUT2D eigenvalue weighted by Crippen LogP contribution is 2.23. The number of aromatic amines is 1. The van der Waals surface area contributed by atoms with Gasteiger partial charge in [-0.05, 0) is 23.4 Å². The zero-order valence-corrected chi connectivity index (χ0v) is 13.9. The number of benzene rings is 1. The smallest absolute Gasteiger partial charge is 0.271 e. The van der Waals surface area contributed by atoms with Crippen molar-refractivity contribution in [3.05, 3.63) is 63.7 Å². The second-order valence-corrected chi connectivity index (χ2v) is 6.55. The standard InChI is InChI=1S/C18H15N3O2S/c1-2-11-4-3-5-12-13(8-19-16(11)12)15(22)9-21-10-20-14-6-7-24-17(14)18(21)23/h3-8,10,19H,2,9H2,1H3. The molecule has 3 heterocycles. The van der Waals surface area contributed by atoms with E-state index >= 15 is 0 Å². The average molecular weight is 337 g/mol. The fourth-order valence-corrected chi connectivity index (χ4v) is 3.77. The highest BCUT2D eigenvalue weighted by molar-refractivity contribution is 7.17. The number of fused-ring (bicyclic) bond motifs is 2. The summed E-state index contributed by atoms with van der Waals surface area (Å²) in [5.41, 5.74) is 3.28. The first-order valence-corrected chi connectivity index (χ1v) is 8.62. The molecular weight excluding hydrogens is 322 g/mol. The van der Waals surface area contributed by atoms with Crippen LogP contribution < -0.4 is 5.56 Å². The third kappa shape index (κ3) is 2.27. The highest BCUT2D eigenvalue weighted by Gasteiger charge is 2.15. The summed E-state index contributed by atoms with van der Waals surface area (Å²) >= 11 is 1.35. The molecule has 1 N–H and O–H groups in total. The molecule has 1 aromatic carbocycles. The van der Waals surface area contributed by atoms with Crippen molar-refractivity contribution in [3.8, 4) is 0 Å². The molecule has 0 amide bonds. The number of hydrogen-bond donors (Lipinski definition) is 1. The molecule has 0 aliphatic carbocycles. The molecule has 0 spiro atoms. The van der Waals surface area contributed by atoms with Crippen LogP contribution in [0.3, 0.4) is 0 Å². The van der Waals surface area contributed by atoms with Crippen LogP contribution in [-0.2, 0) is 13.0 Å². The molecule has 24 heavy (non-hydrogen) atoms. The van der Waals surface area contributed by atoms with E-state index < -0.39 is 0 Å². The molecule has 0 aliphatic rings. The third-order valence-corrected chi connectivity index (χ3v) is 5.12. The quantitative estimate of drug-likeness (QED) is 0.581. The summed E-state index contributed by atoms with van der Waals surface area (Å²) in [6, 6.07) is 7.74. The van der Waals surface area contributed by atoms with Crippen LogP contribution in [-0.4, -0.2) is 20.3 Å². The van der Waals surface area contributed by atoms with Gasteiger partial charge in [0.05, 0.1) is 18.4 Å². The number of rotatable bonds is 4. The molecule has 0 fully saturated rings. The van der Waals surface area contributed by atoms with Gasteiger partial charge >= 0.3 is 0 Å². The third-order valence-electron chi connectivity index (χ3n) is 4.23. The Morgan fingerprint density at radius 2 is 2.21 bits per heavy atom. The molecule has 0 aliphatic heterocycles. The van der Waals surface area contributed by atoms with Gasteiger partial charge in [0, 0.05) is 22.7 Å². The summed E-state index contributed by atoms with van der Waals surface area (Å²) in [4.78, 5) is 32.6. The van der Waals surface area contributed by atoms with Crippen LogP contribution in [0.25, 0.3) is 21.1 Å². The van der Waals surface area contributed by atoms with Gasteiger partial charge in [0.2, 0.25) is 0 Å². The van der Waals surface area contributed by atoms with Crippen molar-refractivity contribution in [3.63, 3.8) is 0 Å². The Morgan fingerprint density at radius 3 is 3.04 bits per heavy atom. The van der Waals surface area contributed by atoms with Gasteiger partial charge in [-0.3, -0.25) is 14.2 Å². The van der Waals surface area contributed by atoms with Crippen molar-refractivity contribution in [2.45, 2.75) is 19.9 Å². The predicted octanol–water partition coefficient (Wildman–Crippen LogP) is 3.38. The van der Waals surface area contributed by atoms with E-state index in [1.807, 2.05) is 23.6 Å². The van der Waals surface area contributed by atoms with Gasteiger partial charge in [0.25, 0.3) is 5.56 Å². The first-order chi connectivity index (χ1) is 11.7. The molecule has 0 saturated heterocycles. The maximum atomic E-state index is 12.7. The Hall–Kier alpha value is -2.73. The minimum Gasteiger partial charge on any atom is -0.360 e. The molecule has 3 aromatic heterocycles. The number of thiophene rings is 1. The molecule has 5 nitrogen and oxygen atoms in total. The Bertz CT molecular complexity index is 1120. The van der Waals surface area contributed by atoms with Crippen molar-refractivity contribution in [1.29, 1.82) is 0 Å². The number of H-pyrrole nitrogens is 1. The van der Waals surface area contributed by atoms with E-state index in [4.69, 9.17) is 0 Å². The number of carbonyl (C=O) groups is 1. The van der Waals surface area contributed by atoms with Gasteiger partial charge in [0.15, 0.2) is 5.78 Å². The lowest BCUT2D eigenvalue weighted by molar-refractivity contribution is 0.0972. The minimum absolute atomic E-state index is 0.0109. The van der Waals surface area contributed by atoms with E-state index in [-0.39, 0.29) is 17.9 Å².